The Bertz CT molecular complexity index is 355. The standard InChI is InChI=1S/C10H14N2O2S/c1-15-5-4-12-9-6-7(11)2-3-8(9)10(13)14/h2-3,6,12H,4-5,11H2,1H3,(H,13,14). The molecule has 1 aromatic rings. The van der Waals surface area contributed by atoms with Crippen molar-refractivity contribution >= 4 is 29.1 Å². The van der Waals surface area contributed by atoms with Gasteiger partial charge in [0, 0.05) is 18.0 Å². The van der Waals surface area contributed by atoms with Crippen molar-refractivity contribution in [3.8, 4) is 0 Å². The zero-order chi connectivity index (χ0) is 11.3. The first-order valence-electron chi connectivity index (χ1n) is 4.50. The van der Waals surface area contributed by atoms with Gasteiger partial charge in [-0.05, 0) is 24.5 Å². The Balaban J connectivity index is 2.82. The maximum atomic E-state index is 10.9. The molecule has 0 aliphatic carbocycles. The smallest absolute Gasteiger partial charge is 0.337 e. The second kappa shape index (κ2) is 5.50. The Morgan fingerprint density at radius 3 is 2.93 bits per heavy atom. The number of benzene rings is 1. The summed E-state index contributed by atoms with van der Waals surface area (Å²) >= 11 is 1.70. The van der Waals surface area contributed by atoms with Crippen LogP contribution in [0, 0.1) is 0 Å². The van der Waals surface area contributed by atoms with E-state index in [0.29, 0.717) is 11.4 Å². The topological polar surface area (TPSA) is 75.3 Å². The van der Waals surface area contributed by atoms with E-state index in [9.17, 15) is 4.79 Å². The fourth-order valence-electron chi connectivity index (χ4n) is 1.18. The third-order valence-electron chi connectivity index (χ3n) is 1.90. The molecule has 0 fully saturated rings. The van der Waals surface area contributed by atoms with Crippen LogP contribution < -0.4 is 11.1 Å². The number of hydrogen-bond acceptors (Lipinski definition) is 4. The van der Waals surface area contributed by atoms with Gasteiger partial charge in [-0.15, -0.1) is 0 Å². The molecule has 0 atom stereocenters. The predicted octanol–water partition coefficient (Wildman–Crippen LogP) is 1.74. The lowest BCUT2D eigenvalue weighted by atomic mass is 10.1. The number of nitrogen functional groups attached to an aromatic ring is 1. The summed E-state index contributed by atoms with van der Waals surface area (Å²) in [6.07, 6.45) is 2.00. The average Bonchev–Trinajstić information content (AvgIpc) is 2.18. The fraction of sp³-hybridized carbons (Fsp3) is 0.300. The van der Waals surface area contributed by atoms with Crippen LogP contribution in [0.2, 0.25) is 0 Å². The molecular formula is C10H14N2O2S. The lowest BCUT2D eigenvalue weighted by molar-refractivity contribution is 0.0698. The van der Waals surface area contributed by atoms with E-state index >= 15 is 0 Å². The van der Waals surface area contributed by atoms with Crippen molar-refractivity contribution in [2.45, 2.75) is 0 Å². The highest BCUT2D eigenvalue weighted by molar-refractivity contribution is 7.98. The number of carboxylic acids is 1. The summed E-state index contributed by atoms with van der Waals surface area (Å²) in [6, 6.07) is 4.74. The quantitative estimate of drug-likeness (QED) is 0.526. The number of rotatable bonds is 5. The van der Waals surface area contributed by atoms with Crippen LogP contribution in [0.15, 0.2) is 18.2 Å². The zero-order valence-corrected chi connectivity index (χ0v) is 9.30. The summed E-state index contributed by atoms with van der Waals surface area (Å²) in [5.41, 5.74) is 6.99. The Morgan fingerprint density at radius 1 is 1.60 bits per heavy atom. The predicted molar refractivity (Wildman–Crippen MR) is 64.7 cm³/mol. The minimum atomic E-state index is -0.943. The van der Waals surface area contributed by atoms with Gasteiger partial charge >= 0.3 is 5.97 Å². The molecule has 82 valence electrons. The highest BCUT2D eigenvalue weighted by Gasteiger charge is 2.09. The van der Waals surface area contributed by atoms with E-state index in [2.05, 4.69) is 5.32 Å². The summed E-state index contributed by atoms with van der Waals surface area (Å²) < 4.78 is 0. The molecule has 0 aliphatic rings. The Morgan fingerprint density at radius 2 is 2.33 bits per heavy atom. The zero-order valence-electron chi connectivity index (χ0n) is 8.49. The van der Waals surface area contributed by atoms with Crippen LogP contribution in [0.1, 0.15) is 10.4 Å². The van der Waals surface area contributed by atoms with Gasteiger partial charge in [0.1, 0.15) is 0 Å². The van der Waals surface area contributed by atoms with Crippen molar-refractivity contribution in [3.63, 3.8) is 0 Å². The second-order valence-corrected chi connectivity index (χ2v) is 4.02. The highest BCUT2D eigenvalue weighted by atomic mass is 32.2. The van der Waals surface area contributed by atoms with Gasteiger partial charge in [0.05, 0.1) is 11.3 Å². The first kappa shape index (κ1) is 11.7. The maximum Gasteiger partial charge on any atom is 0.337 e. The summed E-state index contributed by atoms with van der Waals surface area (Å²) in [5, 5.41) is 12.0. The molecule has 1 aromatic carbocycles. The van der Waals surface area contributed by atoms with Gasteiger partial charge in [-0.25, -0.2) is 4.79 Å². The molecule has 0 saturated carbocycles. The highest BCUT2D eigenvalue weighted by Crippen LogP contribution is 2.19. The molecule has 1 rings (SSSR count). The Labute approximate surface area is 92.9 Å². The molecule has 0 saturated heterocycles. The molecule has 0 aromatic heterocycles. The van der Waals surface area contributed by atoms with E-state index < -0.39 is 5.97 Å². The van der Waals surface area contributed by atoms with Crippen molar-refractivity contribution in [1.82, 2.24) is 0 Å². The fourth-order valence-corrected chi connectivity index (χ4v) is 1.49. The van der Waals surface area contributed by atoms with Crippen LogP contribution in [-0.4, -0.2) is 29.6 Å². The number of carbonyl (C=O) groups is 1. The molecule has 0 spiro atoms. The molecule has 0 radical (unpaired) electrons. The van der Waals surface area contributed by atoms with Gasteiger partial charge in [-0.2, -0.15) is 11.8 Å². The van der Waals surface area contributed by atoms with E-state index in [-0.39, 0.29) is 5.56 Å². The number of nitrogens with one attached hydrogen (secondary N) is 1. The average molecular weight is 226 g/mol. The summed E-state index contributed by atoms with van der Waals surface area (Å²) in [6.45, 7) is 0.727. The normalized spacial score (nSPS) is 9.93. The van der Waals surface area contributed by atoms with Crippen LogP contribution in [0.3, 0.4) is 0 Å². The van der Waals surface area contributed by atoms with E-state index in [4.69, 9.17) is 10.8 Å². The molecule has 0 bridgehead atoms. The van der Waals surface area contributed by atoms with Crippen LogP contribution in [0.25, 0.3) is 0 Å². The van der Waals surface area contributed by atoms with Crippen LogP contribution in [-0.2, 0) is 0 Å². The molecular weight excluding hydrogens is 212 g/mol. The van der Waals surface area contributed by atoms with Crippen molar-refractivity contribution < 1.29 is 9.90 Å². The van der Waals surface area contributed by atoms with Gasteiger partial charge in [-0.1, -0.05) is 0 Å². The number of hydrogen-bond donors (Lipinski definition) is 3. The molecule has 0 amide bonds. The monoisotopic (exact) mass is 226 g/mol. The van der Waals surface area contributed by atoms with Gasteiger partial charge in [0.15, 0.2) is 0 Å². The van der Waals surface area contributed by atoms with Gasteiger partial charge in [0.25, 0.3) is 0 Å². The summed E-state index contributed by atoms with van der Waals surface area (Å²) in [5.74, 6) is -0.0185. The van der Waals surface area contributed by atoms with Crippen molar-refractivity contribution in [3.05, 3.63) is 23.8 Å². The number of aromatic carboxylic acids is 1. The largest absolute Gasteiger partial charge is 0.478 e. The molecule has 4 N–H and O–H groups in total. The first-order valence-corrected chi connectivity index (χ1v) is 5.90. The van der Waals surface area contributed by atoms with Crippen molar-refractivity contribution in [2.75, 3.05) is 29.6 Å². The number of thioether (sulfide) groups is 1. The molecule has 5 heteroatoms. The third-order valence-corrected chi connectivity index (χ3v) is 2.51. The molecule has 0 heterocycles. The third kappa shape index (κ3) is 3.36. The number of nitrogens with two attached hydrogens (primary N) is 1. The Hall–Kier alpha value is -1.36. The number of anilines is 2. The van der Waals surface area contributed by atoms with E-state index in [1.54, 1.807) is 23.9 Å². The maximum absolute atomic E-state index is 10.9. The van der Waals surface area contributed by atoms with E-state index in [0.717, 1.165) is 12.3 Å². The molecule has 0 aliphatic heterocycles. The number of carboxylic acid groups (broad SMARTS) is 1. The van der Waals surface area contributed by atoms with E-state index in [1.807, 2.05) is 6.26 Å². The SMILES string of the molecule is CSCCNc1cc(N)ccc1C(=O)O. The first-order chi connectivity index (χ1) is 7.15. The van der Waals surface area contributed by atoms with Crippen LogP contribution >= 0.6 is 11.8 Å². The Kier molecular flexibility index (Phi) is 4.30. The molecule has 15 heavy (non-hydrogen) atoms. The second-order valence-electron chi connectivity index (χ2n) is 3.03. The van der Waals surface area contributed by atoms with Crippen LogP contribution in [0.4, 0.5) is 11.4 Å². The van der Waals surface area contributed by atoms with Crippen LogP contribution in [0.5, 0.6) is 0 Å². The molecule has 0 unspecified atom stereocenters. The van der Waals surface area contributed by atoms with Gasteiger partial charge < -0.3 is 16.2 Å². The summed E-state index contributed by atoms with van der Waals surface area (Å²) in [7, 11) is 0. The van der Waals surface area contributed by atoms with E-state index in [1.165, 1.54) is 6.07 Å². The van der Waals surface area contributed by atoms with Gasteiger partial charge in [-0.3, -0.25) is 0 Å². The minimum Gasteiger partial charge on any atom is -0.478 e. The minimum absolute atomic E-state index is 0.255. The summed E-state index contributed by atoms with van der Waals surface area (Å²) in [4.78, 5) is 10.9. The lowest BCUT2D eigenvalue weighted by Gasteiger charge is -2.09. The molecule has 4 nitrogen and oxygen atoms in total. The lowest BCUT2D eigenvalue weighted by Crippen LogP contribution is -2.09. The van der Waals surface area contributed by atoms with Gasteiger partial charge in [0.2, 0.25) is 0 Å². The van der Waals surface area contributed by atoms with Crippen molar-refractivity contribution in [2.24, 2.45) is 0 Å². The van der Waals surface area contributed by atoms with Crippen molar-refractivity contribution in [1.29, 1.82) is 0 Å².